The summed E-state index contributed by atoms with van der Waals surface area (Å²) < 4.78 is 12.6. The van der Waals surface area contributed by atoms with Crippen molar-refractivity contribution in [1.82, 2.24) is 5.32 Å². The van der Waals surface area contributed by atoms with Crippen molar-refractivity contribution < 1.29 is 14.0 Å². The first-order chi connectivity index (χ1) is 8.11. The number of hydrogen-bond acceptors (Lipinski definition) is 3. The monoisotopic (exact) mass is 256 g/mol. The van der Waals surface area contributed by atoms with E-state index >= 15 is 0 Å². The van der Waals surface area contributed by atoms with E-state index in [2.05, 4.69) is 23.3 Å². The van der Waals surface area contributed by atoms with Crippen LogP contribution in [-0.4, -0.2) is 24.1 Å². The molecule has 0 aromatic heterocycles. The van der Waals surface area contributed by atoms with Crippen molar-refractivity contribution in [3.63, 3.8) is 0 Å². The number of benzene rings is 1. The number of halogens is 1. The molecule has 1 aromatic carbocycles. The fourth-order valence-corrected chi connectivity index (χ4v) is 1.31. The average molecular weight is 256 g/mol. The molecule has 1 rings (SSSR count). The fraction of sp³-hybridized carbons (Fsp3) is 0.273. The normalized spacial score (nSPS) is 9.76. The van der Waals surface area contributed by atoms with Gasteiger partial charge in [-0.1, -0.05) is 0 Å². The molecule has 0 saturated carbocycles. The van der Waals surface area contributed by atoms with Gasteiger partial charge in [-0.2, -0.15) is 12.6 Å². The van der Waals surface area contributed by atoms with Crippen LogP contribution < -0.4 is 10.6 Å². The van der Waals surface area contributed by atoms with Crippen molar-refractivity contribution in [3.8, 4) is 0 Å². The van der Waals surface area contributed by atoms with Gasteiger partial charge in [-0.15, -0.1) is 0 Å². The highest BCUT2D eigenvalue weighted by molar-refractivity contribution is 7.80. The lowest BCUT2D eigenvalue weighted by molar-refractivity contribution is -0.123. The molecule has 4 nitrogen and oxygen atoms in total. The summed E-state index contributed by atoms with van der Waals surface area (Å²) in [5.41, 5.74) is 0.486. The Morgan fingerprint density at radius 2 is 1.82 bits per heavy atom. The van der Waals surface area contributed by atoms with Crippen LogP contribution in [0.25, 0.3) is 0 Å². The molecule has 0 aliphatic rings. The van der Waals surface area contributed by atoms with Crippen molar-refractivity contribution in [3.05, 3.63) is 30.1 Å². The van der Waals surface area contributed by atoms with Crippen LogP contribution in [0.1, 0.15) is 6.42 Å². The molecule has 0 aliphatic heterocycles. The van der Waals surface area contributed by atoms with Crippen LogP contribution >= 0.6 is 12.6 Å². The van der Waals surface area contributed by atoms with Gasteiger partial charge in [0.2, 0.25) is 11.8 Å². The van der Waals surface area contributed by atoms with Crippen molar-refractivity contribution >= 4 is 30.1 Å². The van der Waals surface area contributed by atoms with Crippen LogP contribution in [0.5, 0.6) is 0 Å². The average Bonchev–Trinajstić information content (AvgIpc) is 2.30. The van der Waals surface area contributed by atoms with Crippen molar-refractivity contribution in [2.24, 2.45) is 0 Å². The minimum absolute atomic E-state index is 0.107. The van der Waals surface area contributed by atoms with Crippen LogP contribution in [0.4, 0.5) is 10.1 Å². The van der Waals surface area contributed by atoms with Crippen LogP contribution in [-0.2, 0) is 9.59 Å². The zero-order valence-corrected chi connectivity index (χ0v) is 9.97. The predicted octanol–water partition coefficient (Wildman–Crippen LogP) is 1.20. The maximum atomic E-state index is 12.6. The Bertz CT molecular complexity index is 395. The molecule has 0 saturated heterocycles. The summed E-state index contributed by atoms with van der Waals surface area (Å²) in [6.07, 6.45) is 0.271. The number of thiol groups is 1. The Hall–Kier alpha value is -1.56. The maximum absolute atomic E-state index is 12.6. The lowest BCUT2D eigenvalue weighted by atomic mass is 10.3. The second-order valence-corrected chi connectivity index (χ2v) is 3.75. The SMILES string of the molecule is O=C(CCS)NCC(=O)Nc1ccc(F)cc1. The standard InChI is InChI=1S/C11H13FN2O2S/c12-8-1-3-9(4-2-8)14-11(16)7-13-10(15)5-6-17/h1-4,17H,5-7H2,(H,13,15)(H,14,16). The topological polar surface area (TPSA) is 58.2 Å². The largest absolute Gasteiger partial charge is 0.347 e. The first-order valence-corrected chi connectivity index (χ1v) is 5.68. The number of rotatable bonds is 5. The number of carbonyl (C=O) groups excluding carboxylic acids is 2. The molecular weight excluding hydrogens is 243 g/mol. The summed E-state index contributed by atoms with van der Waals surface area (Å²) in [6, 6.07) is 5.38. The minimum atomic E-state index is -0.370. The number of nitrogens with one attached hydrogen (secondary N) is 2. The first kappa shape index (κ1) is 13.5. The molecule has 0 aliphatic carbocycles. The number of carbonyl (C=O) groups is 2. The van der Waals surface area contributed by atoms with Crippen LogP contribution in [0.2, 0.25) is 0 Å². The summed E-state index contributed by atoms with van der Waals surface area (Å²) >= 11 is 3.90. The minimum Gasteiger partial charge on any atom is -0.347 e. The molecule has 6 heteroatoms. The summed E-state index contributed by atoms with van der Waals surface area (Å²) in [5, 5.41) is 4.97. The van der Waals surface area contributed by atoms with Gasteiger partial charge < -0.3 is 10.6 Å². The van der Waals surface area contributed by atoms with Gasteiger partial charge in [0, 0.05) is 12.1 Å². The summed E-state index contributed by atoms with van der Waals surface area (Å²) in [5.74, 6) is -0.519. The van der Waals surface area contributed by atoms with E-state index < -0.39 is 0 Å². The number of amides is 2. The smallest absolute Gasteiger partial charge is 0.243 e. The Kier molecular flexibility index (Phi) is 5.48. The van der Waals surface area contributed by atoms with E-state index in [0.717, 1.165) is 0 Å². The molecule has 0 atom stereocenters. The third-order valence-electron chi connectivity index (χ3n) is 1.91. The van der Waals surface area contributed by atoms with Crippen LogP contribution in [0.15, 0.2) is 24.3 Å². The summed E-state index contributed by atoms with van der Waals surface area (Å²) in [7, 11) is 0. The zero-order chi connectivity index (χ0) is 12.7. The lowest BCUT2D eigenvalue weighted by Gasteiger charge is -2.06. The molecule has 0 fully saturated rings. The molecule has 1 aromatic rings. The van der Waals surface area contributed by atoms with Crippen LogP contribution in [0, 0.1) is 5.82 Å². The quantitative estimate of drug-likeness (QED) is 0.693. The Balaban J connectivity index is 2.34. The summed E-state index contributed by atoms with van der Waals surface area (Å²) in [6.45, 7) is -0.107. The van der Waals surface area contributed by atoms with Gasteiger partial charge in [0.25, 0.3) is 0 Å². The van der Waals surface area contributed by atoms with Gasteiger partial charge in [-0.3, -0.25) is 9.59 Å². The van der Waals surface area contributed by atoms with Gasteiger partial charge in [0.15, 0.2) is 0 Å². The highest BCUT2D eigenvalue weighted by Crippen LogP contribution is 2.07. The van der Waals surface area contributed by atoms with Gasteiger partial charge in [-0.05, 0) is 30.0 Å². The third-order valence-corrected chi connectivity index (χ3v) is 2.14. The first-order valence-electron chi connectivity index (χ1n) is 5.05. The molecule has 92 valence electrons. The Labute approximate surface area is 104 Å². The lowest BCUT2D eigenvalue weighted by Crippen LogP contribution is -2.32. The highest BCUT2D eigenvalue weighted by atomic mass is 32.1. The molecule has 0 unspecified atom stereocenters. The fourth-order valence-electron chi connectivity index (χ4n) is 1.11. The third kappa shape index (κ3) is 5.35. The molecule has 0 bridgehead atoms. The van der Waals surface area contributed by atoms with Crippen molar-refractivity contribution in [2.45, 2.75) is 6.42 Å². The van der Waals surface area contributed by atoms with E-state index in [1.54, 1.807) is 0 Å². The van der Waals surface area contributed by atoms with Gasteiger partial charge in [-0.25, -0.2) is 4.39 Å². The predicted molar refractivity (Wildman–Crippen MR) is 66.5 cm³/mol. The number of anilines is 1. The molecule has 2 amide bonds. The Morgan fingerprint density at radius 3 is 2.41 bits per heavy atom. The second kappa shape index (κ2) is 6.90. The maximum Gasteiger partial charge on any atom is 0.243 e. The van der Waals surface area contributed by atoms with Crippen molar-refractivity contribution in [2.75, 3.05) is 17.6 Å². The second-order valence-electron chi connectivity index (χ2n) is 3.31. The van der Waals surface area contributed by atoms with E-state index in [1.165, 1.54) is 24.3 Å². The molecule has 17 heavy (non-hydrogen) atoms. The Morgan fingerprint density at radius 1 is 1.18 bits per heavy atom. The van der Waals surface area contributed by atoms with Crippen molar-refractivity contribution in [1.29, 1.82) is 0 Å². The zero-order valence-electron chi connectivity index (χ0n) is 9.07. The molecule has 0 heterocycles. The van der Waals surface area contributed by atoms with E-state index in [4.69, 9.17) is 0 Å². The van der Waals surface area contributed by atoms with Gasteiger partial charge in [0.05, 0.1) is 6.54 Å². The van der Waals surface area contributed by atoms with E-state index in [-0.39, 0.29) is 30.6 Å². The van der Waals surface area contributed by atoms with E-state index in [0.29, 0.717) is 11.4 Å². The molecular formula is C11H13FN2O2S. The molecule has 0 radical (unpaired) electrons. The molecule has 2 N–H and O–H groups in total. The van der Waals surface area contributed by atoms with Crippen LogP contribution in [0.3, 0.4) is 0 Å². The van der Waals surface area contributed by atoms with Gasteiger partial charge >= 0.3 is 0 Å². The summed E-state index contributed by atoms with van der Waals surface area (Å²) in [4.78, 5) is 22.4. The highest BCUT2D eigenvalue weighted by Gasteiger charge is 2.05. The molecule has 0 spiro atoms. The van der Waals surface area contributed by atoms with Gasteiger partial charge in [0.1, 0.15) is 5.82 Å². The van der Waals surface area contributed by atoms with E-state index in [1.807, 2.05) is 0 Å². The van der Waals surface area contributed by atoms with E-state index in [9.17, 15) is 14.0 Å². The number of hydrogen-bond donors (Lipinski definition) is 3.